The average Bonchev–Trinajstić information content (AvgIpc) is 3.57. The lowest BCUT2D eigenvalue weighted by molar-refractivity contribution is -0.102. The molecule has 1 amide bonds. The summed E-state index contributed by atoms with van der Waals surface area (Å²) in [5.41, 5.74) is 2.88. The van der Waals surface area contributed by atoms with Gasteiger partial charge in [0.25, 0.3) is 11.8 Å². The first-order valence-electron chi connectivity index (χ1n) is 11.8. The van der Waals surface area contributed by atoms with Gasteiger partial charge in [0.1, 0.15) is 17.0 Å². The predicted octanol–water partition coefficient (Wildman–Crippen LogP) is 3.19. The van der Waals surface area contributed by atoms with Crippen LogP contribution in [0.4, 0.5) is 14.6 Å². The summed E-state index contributed by atoms with van der Waals surface area (Å²) in [6, 6.07) is 4.92. The van der Waals surface area contributed by atoms with E-state index in [-0.39, 0.29) is 18.4 Å². The van der Waals surface area contributed by atoms with Gasteiger partial charge in [-0.25, -0.2) is 18.7 Å². The largest absolute Gasteiger partial charge is 0.373 e. The molecule has 0 aromatic carbocycles. The standard InChI is InChI=1S/C24H26F2N8O/c1-27-20-10-18(17-13-33(14-6-9-32(2)12-14)21-15(17)4-3-8-28-21)30-22-16(11-29-34(20)22)23(35)31-19-5-7-24(19,25)26/h3-4,8,10-11,13-14,19,27H,5-7,9,12H2,1-2H3,(H,31,35)/t14-,19+/m0/s1. The first-order chi connectivity index (χ1) is 16.9. The molecule has 9 nitrogen and oxygen atoms in total. The second-order valence-corrected chi connectivity index (χ2v) is 9.43. The van der Waals surface area contributed by atoms with E-state index < -0.39 is 17.9 Å². The van der Waals surface area contributed by atoms with Crippen LogP contribution in [0.5, 0.6) is 0 Å². The Morgan fingerprint density at radius 1 is 1.26 bits per heavy atom. The molecule has 4 aromatic rings. The lowest BCUT2D eigenvalue weighted by Gasteiger charge is -2.36. The van der Waals surface area contributed by atoms with Crippen molar-refractivity contribution < 1.29 is 13.6 Å². The Morgan fingerprint density at radius 2 is 2.11 bits per heavy atom. The van der Waals surface area contributed by atoms with Crippen molar-refractivity contribution in [2.24, 2.45) is 0 Å². The number of nitrogens with one attached hydrogen (secondary N) is 2. The van der Waals surface area contributed by atoms with Gasteiger partial charge in [0.15, 0.2) is 5.65 Å². The van der Waals surface area contributed by atoms with Crippen LogP contribution in [0.15, 0.2) is 36.8 Å². The molecule has 5 heterocycles. The topological polar surface area (TPSA) is 92.4 Å². The van der Waals surface area contributed by atoms with E-state index in [1.807, 2.05) is 18.2 Å². The quantitative estimate of drug-likeness (QED) is 0.456. The Kier molecular flexibility index (Phi) is 4.99. The minimum Gasteiger partial charge on any atom is -0.373 e. The Labute approximate surface area is 200 Å². The summed E-state index contributed by atoms with van der Waals surface area (Å²) in [6.07, 6.45) is 6.30. The highest BCUT2D eigenvalue weighted by Gasteiger charge is 2.49. The third-order valence-electron chi connectivity index (χ3n) is 7.18. The third-order valence-corrected chi connectivity index (χ3v) is 7.18. The number of likely N-dealkylation sites (N-methyl/N-ethyl adjacent to an activating group) is 1. The molecule has 1 aliphatic carbocycles. The van der Waals surface area contributed by atoms with Gasteiger partial charge in [0, 0.05) is 55.5 Å². The zero-order valence-corrected chi connectivity index (χ0v) is 19.5. The van der Waals surface area contributed by atoms with Crippen LogP contribution in [-0.4, -0.2) is 74.1 Å². The van der Waals surface area contributed by atoms with Gasteiger partial charge < -0.3 is 20.1 Å². The van der Waals surface area contributed by atoms with Gasteiger partial charge in [0.05, 0.1) is 17.9 Å². The maximum atomic E-state index is 13.8. The molecule has 0 radical (unpaired) electrons. The number of aromatic nitrogens is 5. The fourth-order valence-corrected chi connectivity index (χ4v) is 5.06. The van der Waals surface area contributed by atoms with Crippen LogP contribution in [0.1, 0.15) is 35.7 Å². The Bertz CT molecular complexity index is 1440. The number of pyridine rings is 1. The Hall–Kier alpha value is -3.60. The minimum absolute atomic E-state index is 0.158. The van der Waals surface area contributed by atoms with Crippen LogP contribution in [0.2, 0.25) is 0 Å². The summed E-state index contributed by atoms with van der Waals surface area (Å²) in [5, 5.41) is 10.8. The number of likely N-dealkylation sites (tertiary alicyclic amines) is 1. The third kappa shape index (κ3) is 3.53. The van der Waals surface area contributed by atoms with E-state index in [9.17, 15) is 13.6 Å². The van der Waals surface area contributed by atoms with Gasteiger partial charge >= 0.3 is 0 Å². The van der Waals surface area contributed by atoms with Gasteiger partial charge in [0.2, 0.25) is 0 Å². The van der Waals surface area contributed by atoms with Crippen molar-refractivity contribution in [3.63, 3.8) is 0 Å². The number of nitrogens with zero attached hydrogens (tertiary/aromatic N) is 6. The number of anilines is 1. The van der Waals surface area contributed by atoms with Crippen LogP contribution in [0, 0.1) is 0 Å². The van der Waals surface area contributed by atoms with Crippen LogP contribution < -0.4 is 10.6 Å². The summed E-state index contributed by atoms with van der Waals surface area (Å²) in [6.45, 7) is 1.96. The average molecular weight is 481 g/mol. The van der Waals surface area contributed by atoms with E-state index in [2.05, 4.69) is 43.4 Å². The van der Waals surface area contributed by atoms with Crippen LogP contribution >= 0.6 is 0 Å². The summed E-state index contributed by atoms with van der Waals surface area (Å²) in [7, 11) is 3.87. The van der Waals surface area contributed by atoms with Gasteiger partial charge in [-0.3, -0.25) is 4.79 Å². The maximum Gasteiger partial charge on any atom is 0.267 e. The second kappa shape index (κ2) is 7.98. The zero-order chi connectivity index (χ0) is 24.3. The van der Waals surface area contributed by atoms with Gasteiger partial charge in [-0.1, -0.05) is 0 Å². The number of carbonyl (C=O) groups is 1. The molecule has 2 N–H and O–H groups in total. The molecule has 182 valence electrons. The number of rotatable bonds is 5. The first-order valence-corrected chi connectivity index (χ1v) is 11.8. The van der Waals surface area contributed by atoms with Crippen LogP contribution in [0.25, 0.3) is 27.9 Å². The fraction of sp³-hybridized carbons (Fsp3) is 0.417. The number of hydrogen-bond donors (Lipinski definition) is 2. The normalized spacial score (nSPS) is 21.9. The number of halogens is 2. The molecular weight excluding hydrogens is 454 g/mol. The van der Waals surface area contributed by atoms with E-state index in [1.54, 1.807) is 13.2 Å². The molecule has 1 saturated heterocycles. The van der Waals surface area contributed by atoms with E-state index in [1.165, 1.54) is 10.7 Å². The zero-order valence-electron chi connectivity index (χ0n) is 19.5. The van der Waals surface area contributed by atoms with E-state index in [0.717, 1.165) is 36.1 Å². The summed E-state index contributed by atoms with van der Waals surface area (Å²) in [4.78, 5) is 24.6. The number of alkyl halides is 2. The molecule has 1 aliphatic heterocycles. The van der Waals surface area contributed by atoms with Gasteiger partial charge in [-0.05, 0) is 38.6 Å². The molecule has 0 unspecified atom stereocenters. The molecule has 2 atom stereocenters. The van der Waals surface area contributed by atoms with Crippen molar-refractivity contribution in [1.29, 1.82) is 0 Å². The van der Waals surface area contributed by atoms with Crippen molar-refractivity contribution in [3.8, 4) is 11.3 Å². The molecule has 11 heteroatoms. The molecule has 0 spiro atoms. The van der Waals surface area contributed by atoms with E-state index >= 15 is 0 Å². The molecule has 2 aliphatic rings. The van der Waals surface area contributed by atoms with E-state index in [0.29, 0.717) is 23.2 Å². The predicted molar refractivity (Wildman–Crippen MR) is 128 cm³/mol. The minimum atomic E-state index is -2.88. The molecule has 0 bridgehead atoms. The van der Waals surface area contributed by atoms with Crippen molar-refractivity contribution in [1.82, 2.24) is 34.4 Å². The van der Waals surface area contributed by atoms with Crippen molar-refractivity contribution in [2.45, 2.75) is 37.3 Å². The summed E-state index contributed by atoms with van der Waals surface area (Å²) >= 11 is 0. The molecule has 4 aromatic heterocycles. The summed E-state index contributed by atoms with van der Waals surface area (Å²) in [5.74, 6) is -2.85. The highest BCUT2D eigenvalue weighted by atomic mass is 19.3. The van der Waals surface area contributed by atoms with E-state index in [4.69, 9.17) is 4.98 Å². The fourth-order valence-electron chi connectivity index (χ4n) is 5.06. The summed E-state index contributed by atoms with van der Waals surface area (Å²) < 4.78 is 31.2. The monoisotopic (exact) mass is 480 g/mol. The van der Waals surface area contributed by atoms with Gasteiger partial charge in [-0.2, -0.15) is 9.61 Å². The lowest BCUT2D eigenvalue weighted by atomic mass is 9.88. The van der Waals surface area contributed by atoms with Crippen molar-refractivity contribution in [3.05, 3.63) is 42.4 Å². The number of amides is 1. The van der Waals surface area contributed by atoms with Crippen molar-refractivity contribution in [2.75, 3.05) is 32.5 Å². The van der Waals surface area contributed by atoms with Crippen molar-refractivity contribution >= 4 is 28.4 Å². The SMILES string of the molecule is CNc1cc(-c2cn([C@H]3CCN(C)C3)c3ncccc23)nc2c(C(=O)N[C@@H]3CCC3(F)F)cnn12. The number of carbonyl (C=O) groups excluding carboxylic acids is 1. The first kappa shape index (κ1) is 21.9. The Morgan fingerprint density at radius 3 is 2.80 bits per heavy atom. The molecule has 6 rings (SSSR count). The smallest absolute Gasteiger partial charge is 0.267 e. The van der Waals surface area contributed by atoms with Crippen LogP contribution in [0.3, 0.4) is 0 Å². The number of hydrogen-bond acceptors (Lipinski definition) is 6. The van der Waals surface area contributed by atoms with Crippen LogP contribution in [-0.2, 0) is 0 Å². The molecule has 1 saturated carbocycles. The number of fused-ring (bicyclic) bond motifs is 2. The lowest BCUT2D eigenvalue weighted by Crippen LogP contribution is -2.55. The van der Waals surface area contributed by atoms with Gasteiger partial charge in [-0.15, -0.1) is 0 Å². The highest BCUT2D eigenvalue weighted by molar-refractivity contribution is 6.01. The molecular formula is C24H26F2N8O. The Balaban J connectivity index is 1.45. The molecule has 35 heavy (non-hydrogen) atoms. The molecule has 2 fully saturated rings. The highest BCUT2D eigenvalue weighted by Crippen LogP contribution is 2.38. The second-order valence-electron chi connectivity index (χ2n) is 9.43. The maximum absolute atomic E-state index is 13.8.